The van der Waals surface area contributed by atoms with Crippen molar-refractivity contribution < 1.29 is 9.53 Å². The first-order valence-electron chi connectivity index (χ1n) is 6.67. The molecule has 0 aliphatic heterocycles. The summed E-state index contributed by atoms with van der Waals surface area (Å²) in [5, 5.41) is 7.38. The average Bonchev–Trinajstić information content (AvgIpc) is 2.80. The third kappa shape index (κ3) is 3.07. The standard InChI is InChI=1S/C14H20N4O2/c1-9(2)8-11(13(19)20-4)15-14-16-12-10(3)6-5-7-18(12)17-14/h5-7,9,11H,8H2,1-4H3,(H,15,17). The van der Waals surface area contributed by atoms with Crippen molar-refractivity contribution in [3.63, 3.8) is 0 Å². The molecule has 0 spiro atoms. The first-order valence-corrected chi connectivity index (χ1v) is 6.67. The van der Waals surface area contributed by atoms with Crippen molar-refractivity contribution in [2.75, 3.05) is 12.4 Å². The number of aromatic nitrogens is 3. The molecular formula is C14H20N4O2. The van der Waals surface area contributed by atoms with Crippen LogP contribution in [0.2, 0.25) is 0 Å². The van der Waals surface area contributed by atoms with Crippen LogP contribution in [-0.2, 0) is 9.53 Å². The molecule has 6 heteroatoms. The van der Waals surface area contributed by atoms with Gasteiger partial charge in [-0.1, -0.05) is 19.9 Å². The van der Waals surface area contributed by atoms with Gasteiger partial charge in [0, 0.05) is 6.20 Å². The summed E-state index contributed by atoms with van der Waals surface area (Å²) in [5.74, 6) is 0.509. The number of pyridine rings is 1. The van der Waals surface area contributed by atoms with E-state index in [1.165, 1.54) is 7.11 Å². The normalized spacial score (nSPS) is 12.7. The van der Waals surface area contributed by atoms with E-state index in [0.29, 0.717) is 18.3 Å². The number of esters is 1. The number of carbonyl (C=O) groups is 1. The molecule has 1 atom stereocenters. The Hall–Kier alpha value is -2.11. The lowest BCUT2D eigenvalue weighted by atomic mass is 10.0. The smallest absolute Gasteiger partial charge is 0.328 e. The molecule has 0 amide bonds. The van der Waals surface area contributed by atoms with Crippen LogP contribution >= 0.6 is 0 Å². The maximum Gasteiger partial charge on any atom is 0.328 e. The van der Waals surface area contributed by atoms with Crippen molar-refractivity contribution in [1.29, 1.82) is 0 Å². The number of methoxy groups -OCH3 is 1. The number of fused-ring (bicyclic) bond motifs is 1. The fourth-order valence-electron chi connectivity index (χ4n) is 2.08. The Kier molecular flexibility index (Phi) is 4.22. The highest BCUT2D eigenvalue weighted by molar-refractivity contribution is 5.78. The van der Waals surface area contributed by atoms with Crippen LogP contribution in [0.15, 0.2) is 18.3 Å². The van der Waals surface area contributed by atoms with E-state index in [0.717, 1.165) is 11.2 Å². The average molecular weight is 276 g/mol. The number of aryl methyl sites for hydroxylation is 1. The second-order valence-corrected chi connectivity index (χ2v) is 5.24. The van der Waals surface area contributed by atoms with Gasteiger partial charge in [0.1, 0.15) is 6.04 Å². The van der Waals surface area contributed by atoms with Gasteiger partial charge in [-0.15, -0.1) is 5.10 Å². The van der Waals surface area contributed by atoms with E-state index in [1.54, 1.807) is 4.52 Å². The Balaban J connectivity index is 2.24. The van der Waals surface area contributed by atoms with Crippen LogP contribution in [0.3, 0.4) is 0 Å². The largest absolute Gasteiger partial charge is 0.467 e. The molecule has 2 aromatic rings. The molecule has 2 rings (SSSR count). The van der Waals surface area contributed by atoms with E-state index >= 15 is 0 Å². The van der Waals surface area contributed by atoms with Crippen molar-refractivity contribution in [2.45, 2.75) is 33.2 Å². The van der Waals surface area contributed by atoms with Crippen molar-refractivity contribution in [3.8, 4) is 0 Å². The minimum atomic E-state index is -0.433. The first-order chi connectivity index (χ1) is 9.51. The van der Waals surface area contributed by atoms with Crippen LogP contribution in [0.4, 0.5) is 5.95 Å². The number of nitrogens with zero attached hydrogens (tertiary/aromatic N) is 3. The molecule has 2 aromatic heterocycles. The molecule has 108 valence electrons. The molecule has 0 aromatic carbocycles. The summed E-state index contributed by atoms with van der Waals surface area (Å²) in [6, 6.07) is 3.45. The summed E-state index contributed by atoms with van der Waals surface area (Å²) in [7, 11) is 1.39. The Labute approximate surface area is 118 Å². The highest BCUT2D eigenvalue weighted by atomic mass is 16.5. The highest BCUT2D eigenvalue weighted by Gasteiger charge is 2.22. The van der Waals surface area contributed by atoms with E-state index in [-0.39, 0.29) is 5.97 Å². The van der Waals surface area contributed by atoms with E-state index in [4.69, 9.17) is 4.74 Å². The number of carbonyl (C=O) groups excluding carboxylic acids is 1. The lowest BCUT2D eigenvalue weighted by Gasteiger charge is -2.16. The number of hydrogen-bond donors (Lipinski definition) is 1. The van der Waals surface area contributed by atoms with E-state index in [2.05, 4.69) is 29.2 Å². The predicted molar refractivity (Wildman–Crippen MR) is 76.6 cm³/mol. The first kappa shape index (κ1) is 14.3. The quantitative estimate of drug-likeness (QED) is 0.846. The fourth-order valence-corrected chi connectivity index (χ4v) is 2.08. The van der Waals surface area contributed by atoms with Crippen molar-refractivity contribution >= 4 is 17.6 Å². The number of rotatable bonds is 5. The Morgan fingerprint density at radius 1 is 1.50 bits per heavy atom. The zero-order valence-corrected chi connectivity index (χ0v) is 12.3. The van der Waals surface area contributed by atoms with Crippen LogP contribution in [-0.4, -0.2) is 33.7 Å². The third-order valence-corrected chi connectivity index (χ3v) is 3.05. The van der Waals surface area contributed by atoms with Crippen LogP contribution in [0, 0.1) is 12.8 Å². The van der Waals surface area contributed by atoms with Gasteiger partial charge in [-0.3, -0.25) is 0 Å². The highest BCUT2D eigenvalue weighted by Crippen LogP contribution is 2.14. The Bertz CT molecular complexity index is 606. The molecule has 2 heterocycles. The molecule has 0 aliphatic carbocycles. The summed E-state index contributed by atoms with van der Waals surface area (Å²) in [6.07, 6.45) is 2.50. The summed E-state index contributed by atoms with van der Waals surface area (Å²) in [6.45, 7) is 6.08. The van der Waals surface area contributed by atoms with Gasteiger partial charge in [-0.2, -0.15) is 4.98 Å². The molecule has 0 radical (unpaired) electrons. The second kappa shape index (κ2) is 5.90. The number of anilines is 1. The monoisotopic (exact) mass is 276 g/mol. The van der Waals surface area contributed by atoms with E-state index < -0.39 is 6.04 Å². The van der Waals surface area contributed by atoms with Gasteiger partial charge in [0.15, 0.2) is 5.65 Å². The van der Waals surface area contributed by atoms with Gasteiger partial charge >= 0.3 is 5.97 Å². The number of hydrogen-bond acceptors (Lipinski definition) is 5. The SMILES string of the molecule is COC(=O)C(CC(C)C)Nc1nc2c(C)cccn2n1. The van der Waals surface area contributed by atoms with Crippen LogP contribution in [0.5, 0.6) is 0 Å². The zero-order valence-electron chi connectivity index (χ0n) is 12.3. The summed E-state index contributed by atoms with van der Waals surface area (Å²) >= 11 is 0. The minimum absolute atomic E-state index is 0.297. The van der Waals surface area contributed by atoms with Crippen molar-refractivity contribution in [3.05, 3.63) is 23.9 Å². The molecule has 1 unspecified atom stereocenters. The molecule has 20 heavy (non-hydrogen) atoms. The fraction of sp³-hybridized carbons (Fsp3) is 0.500. The number of nitrogens with one attached hydrogen (secondary N) is 1. The topological polar surface area (TPSA) is 68.5 Å². The van der Waals surface area contributed by atoms with E-state index in [9.17, 15) is 4.79 Å². The minimum Gasteiger partial charge on any atom is -0.467 e. The molecular weight excluding hydrogens is 256 g/mol. The third-order valence-electron chi connectivity index (χ3n) is 3.05. The van der Waals surface area contributed by atoms with Gasteiger partial charge in [-0.25, -0.2) is 9.31 Å². The lowest BCUT2D eigenvalue weighted by molar-refractivity contribution is -0.141. The Morgan fingerprint density at radius 2 is 2.25 bits per heavy atom. The maximum atomic E-state index is 11.8. The zero-order chi connectivity index (χ0) is 14.7. The molecule has 0 saturated heterocycles. The summed E-state index contributed by atoms with van der Waals surface area (Å²) < 4.78 is 6.52. The molecule has 0 fully saturated rings. The molecule has 6 nitrogen and oxygen atoms in total. The van der Waals surface area contributed by atoms with Crippen LogP contribution in [0.25, 0.3) is 5.65 Å². The Morgan fingerprint density at radius 3 is 2.85 bits per heavy atom. The molecule has 0 saturated carbocycles. The predicted octanol–water partition coefficient (Wildman–Crippen LogP) is 2.04. The van der Waals surface area contributed by atoms with E-state index in [1.807, 2.05) is 25.3 Å². The van der Waals surface area contributed by atoms with Gasteiger partial charge < -0.3 is 10.1 Å². The molecule has 0 bridgehead atoms. The van der Waals surface area contributed by atoms with Crippen LogP contribution < -0.4 is 5.32 Å². The lowest BCUT2D eigenvalue weighted by Crippen LogP contribution is -2.32. The summed E-state index contributed by atoms with van der Waals surface area (Å²) in [5.41, 5.74) is 1.81. The number of ether oxygens (including phenoxy) is 1. The van der Waals surface area contributed by atoms with Crippen LogP contribution in [0.1, 0.15) is 25.8 Å². The van der Waals surface area contributed by atoms with Gasteiger partial charge in [-0.05, 0) is 30.9 Å². The molecule has 1 N–H and O–H groups in total. The van der Waals surface area contributed by atoms with Gasteiger partial charge in [0.25, 0.3) is 0 Å². The van der Waals surface area contributed by atoms with Crippen molar-refractivity contribution in [1.82, 2.24) is 14.6 Å². The maximum absolute atomic E-state index is 11.8. The van der Waals surface area contributed by atoms with Gasteiger partial charge in [0.05, 0.1) is 7.11 Å². The van der Waals surface area contributed by atoms with Crippen molar-refractivity contribution in [2.24, 2.45) is 5.92 Å². The van der Waals surface area contributed by atoms with Gasteiger partial charge in [0.2, 0.25) is 5.95 Å². The summed E-state index contributed by atoms with van der Waals surface area (Å²) in [4.78, 5) is 16.2. The second-order valence-electron chi connectivity index (χ2n) is 5.24. The molecule has 0 aliphatic rings.